The zero-order chi connectivity index (χ0) is 13.1. The number of non-ortho nitro benzene ring substituents is 1. The number of nitro benzene ring substituents is 1. The zero-order valence-corrected chi connectivity index (χ0v) is 9.53. The predicted octanol–water partition coefficient (Wildman–Crippen LogP) is 2.37. The van der Waals surface area contributed by atoms with Gasteiger partial charge in [0, 0.05) is 30.0 Å². The van der Waals surface area contributed by atoms with Crippen LogP contribution >= 0.6 is 0 Å². The highest BCUT2D eigenvalue weighted by Crippen LogP contribution is 2.32. The lowest BCUT2D eigenvalue weighted by Gasteiger charge is -2.05. The number of phenolic OH excluding ortho intramolecular Hbond substituents is 1. The van der Waals surface area contributed by atoms with Crippen LogP contribution in [0.4, 0.5) is 5.69 Å². The van der Waals surface area contributed by atoms with Crippen molar-refractivity contribution < 1.29 is 14.8 Å². The molecule has 6 heteroatoms. The molecule has 0 saturated heterocycles. The molecule has 0 amide bonds. The number of ether oxygens (including phenoxy) is 1. The van der Waals surface area contributed by atoms with Crippen molar-refractivity contribution in [2.45, 2.75) is 0 Å². The molecule has 1 aromatic carbocycles. The summed E-state index contributed by atoms with van der Waals surface area (Å²) in [5.41, 5.74) is 0.603. The highest BCUT2D eigenvalue weighted by Gasteiger charge is 2.13. The van der Waals surface area contributed by atoms with Gasteiger partial charge < -0.3 is 9.84 Å². The monoisotopic (exact) mass is 246 g/mol. The van der Waals surface area contributed by atoms with Crippen molar-refractivity contribution in [2.24, 2.45) is 0 Å². The first kappa shape index (κ1) is 11.8. The Morgan fingerprint density at radius 1 is 1.33 bits per heavy atom. The van der Waals surface area contributed by atoms with Gasteiger partial charge in [-0.2, -0.15) is 0 Å². The van der Waals surface area contributed by atoms with E-state index >= 15 is 0 Å². The van der Waals surface area contributed by atoms with Crippen molar-refractivity contribution >= 4 is 5.69 Å². The van der Waals surface area contributed by atoms with Crippen LogP contribution in [0.5, 0.6) is 11.5 Å². The summed E-state index contributed by atoms with van der Waals surface area (Å²) >= 11 is 0. The quantitative estimate of drug-likeness (QED) is 0.663. The van der Waals surface area contributed by atoms with E-state index in [-0.39, 0.29) is 11.4 Å². The summed E-state index contributed by atoms with van der Waals surface area (Å²) in [6.45, 7) is 0. The fraction of sp³-hybridized carbons (Fsp3) is 0.0833. The second kappa shape index (κ2) is 4.70. The van der Waals surface area contributed by atoms with Gasteiger partial charge in [0.25, 0.3) is 5.69 Å². The van der Waals surface area contributed by atoms with Crippen LogP contribution in [0.2, 0.25) is 0 Å². The molecule has 1 N–H and O–H groups in total. The summed E-state index contributed by atoms with van der Waals surface area (Å²) in [5, 5.41) is 20.4. The second-order valence-electron chi connectivity index (χ2n) is 3.54. The Kier molecular flexibility index (Phi) is 3.09. The summed E-state index contributed by atoms with van der Waals surface area (Å²) < 4.78 is 5.04. The third-order valence-corrected chi connectivity index (χ3v) is 2.43. The average Bonchev–Trinajstić information content (AvgIpc) is 2.39. The highest BCUT2D eigenvalue weighted by molar-refractivity contribution is 5.70. The largest absolute Gasteiger partial charge is 0.507 e. The van der Waals surface area contributed by atoms with Gasteiger partial charge in [0.1, 0.15) is 11.5 Å². The summed E-state index contributed by atoms with van der Waals surface area (Å²) in [6, 6.07) is 7.03. The van der Waals surface area contributed by atoms with E-state index in [4.69, 9.17) is 4.74 Å². The van der Waals surface area contributed by atoms with Crippen LogP contribution in [-0.4, -0.2) is 22.1 Å². The molecule has 0 aliphatic heterocycles. The molecule has 0 aliphatic rings. The molecular weight excluding hydrogens is 236 g/mol. The van der Waals surface area contributed by atoms with Crippen molar-refractivity contribution in [3.8, 4) is 22.8 Å². The lowest BCUT2D eigenvalue weighted by molar-refractivity contribution is -0.384. The molecule has 0 saturated carbocycles. The van der Waals surface area contributed by atoms with Gasteiger partial charge in [0.15, 0.2) is 0 Å². The van der Waals surface area contributed by atoms with Gasteiger partial charge in [-0.3, -0.25) is 15.1 Å². The standard InChI is InChI=1S/C12H10N2O4/c1-18-9-4-5-13-11(7-9)10-6-8(14(16)17)2-3-12(10)15/h2-7,15H,1H3. The van der Waals surface area contributed by atoms with Crippen molar-refractivity contribution in [3.05, 3.63) is 46.6 Å². The fourth-order valence-electron chi connectivity index (χ4n) is 1.53. The normalized spacial score (nSPS) is 10.1. The first-order chi connectivity index (χ1) is 8.61. The van der Waals surface area contributed by atoms with E-state index < -0.39 is 4.92 Å². The molecule has 2 aromatic rings. The zero-order valence-electron chi connectivity index (χ0n) is 9.53. The Labute approximate surface area is 103 Å². The molecule has 0 aliphatic carbocycles. The van der Waals surface area contributed by atoms with Crippen LogP contribution in [0.25, 0.3) is 11.3 Å². The summed E-state index contributed by atoms with van der Waals surface area (Å²) in [5.74, 6) is 0.493. The van der Waals surface area contributed by atoms with E-state index in [1.165, 1.54) is 31.5 Å². The number of phenols is 1. The third kappa shape index (κ3) is 2.22. The van der Waals surface area contributed by atoms with Gasteiger partial charge in [-0.1, -0.05) is 0 Å². The fourth-order valence-corrected chi connectivity index (χ4v) is 1.53. The van der Waals surface area contributed by atoms with Gasteiger partial charge in [-0.15, -0.1) is 0 Å². The molecule has 0 fully saturated rings. The van der Waals surface area contributed by atoms with Crippen molar-refractivity contribution in [2.75, 3.05) is 7.11 Å². The highest BCUT2D eigenvalue weighted by atomic mass is 16.6. The van der Waals surface area contributed by atoms with Gasteiger partial charge in [0.05, 0.1) is 17.7 Å². The molecule has 0 unspecified atom stereocenters. The second-order valence-corrected chi connectivity index (χ2v) is 3.54. The Hall–Kier alpha value is -2.63. The number of nitrogens with zero attached hydrogens (tertiary/aromatic N) is 2. The number of nitro groups is 1. The SMILES string of the molecule is COc1ccnc(-c2cc([N+](=O)[O-])ccc2O)c1. The number of pyridine rings is 1. The van der Waals surface area contributed by atoms with E-state index in [2.05, 4.69) is 4.98 Å². The van der Waals surface area contributed by atoms with Gasteiger partial charge in [0.2, 0.25) is 0 Å². The molecule has 1 aromatic heterocycles. The van der Waals surface area contributed by atoms with E-state index in [9.17, 15) is 15.2 Å². The van der Waals surface area contributed by atoms with E-state index in [1.807, 2.05) is 0 Å². The molecular formula is C12H10N2O4. The van der Waals surface area contributed by atoms with Crippen LogP contribution in [0.15, 0.2) is 36.5 Å². The molecule has 1 heterocycles. The molecule has 0 bridgehead atoms. The van der Waals surface area contributed by atoms with E-state index in [0.29, 0.717) is 17.0 Å². The maximum atomic E-state index is 10.7. The third-order valence-electron chi connectivity index (χ3n) is 2.43. The topological polar surface area (TPSA) is 85.5 Å². The minimum atomic E-state index is -0.525. The number of methoxy groups -OCH3 is 1. The number of hydrogen-bond acceptors (Lipinski definition) is 5. The lowest BCUT2D eigenvalue weighted by Crippen LogP contribution is -1.91. The van der Waals surface area contributed by atoms with Crippen molar-refractivity contribution in [1.29, 1.82) is 0 Å². The van der Waals surface area contributed by atoms with Crippen LogP contribution in [0, 0.1) is 10.1 Å². The summed E-state index contributed by atoms with van der Waals surface area (Å²) in [6.07, 6.45) is 1.51. The van der Waals surface area contributed by atoms with Crippen LogP contribution in [0.3, 0.4) is 0 Å². The maximum absolute atomic E-state index is 10.7. The average molecular weight is 246 g/mol. The molecule has 0 radical (unpaired) electrons. The Balaban J connectivity index is 2.54. The van der Waals surface area contributed by atoms with Gasteiger partial charge >= 0.3 is 0 Å². The number of rotatable bonds is 3. The van der Waals surface area contributed by atoms with Gasteiger partial charge in [-0.25, -0.2) is 0 Å². The number of aromatic hydroxyl groups is 1. The minimum absolute atomic E-state index is 0.0682. The van der Waals surface area contributed by atoms with Gasteiger partial charge in [-0.05, 0) is 12.1 Å². The van der Waals surface area contributed by atoms with Crippen molar-refractivity contribution in [1.82, 2.24) is 4.98 Å². The van der Waals surface area contributed by atoms with E-state index in [0.717, 1.165) is 0 Å². The lowest BCUT2D eigenvalue weighted by atomic mass is 10.1. The number of hydrogen-bond donors (Lipinski definition) is 1. The first-order valence-corrected chi connectivity index (χ1v) is 5.09. The van der Waals surface area contributed by atoms with Crippen molar-refractivity contribution in [3.63, 3.8) is 0 Å². The number of benzene rings is 1. The van der Waals surface area contributed by atoms with Crippen LogP contribution < -0.4 is 4.74 Å². The first-order valence-electron chi connectivity index (χ1n) is 5.09. The molecule has 2 rings (SSSR count). The number of aromatic nitrogens is 1. The Morgan fingerprint density at radius 2 is 2.11 bits per heavy atom. The Morgan fingerprint density at radius 3 is 2.78 bits per heavy atom. The van der Waals surface area contributed by atoms with Crippen LogP contribution in [0.1, 0.15) is 0 Å². The molecule has 0 atom stereocenters. The minimum Gasteiger partial charge on any atom is -0.507 e. The maximum Gasteiger partial charge on any atom is 0.270 e. The molecule has 0 spiro atoms. The molecule has 92 valence electrons. The summed E-state index contributed by atoms with van der Waals surface area (Å²) in [4.78, 5) is 14.2. The predicted molar refractivity (Wildman–Crippen MR) is 64.5 cm³/mol. The van der Waals surface area contributed by atoms with Crippen LogP contribution in [-0.2, 0) is 0 Å². The summed E-state index contributed by atoms with van der Waals surface area (Å²) in [7, 11) is 1.51. The molecule has 18 heavy (non-hydrogen) atoms. The van der Waals surface area contributed by atoms with E-state index in [1.54, 1.807) is 12.1 Å². The smallest absolute Gasteiger partial charge is 0.270 e. The Bertz CT molecular complexity index is 598. The molecule has 6 nitrogen and oxygen atoms in total.